The van der Waals surface area contributed by atoms with Gasteiger partial charge in [-0.2, -0.15) is 0 Å². The Morgan fingerprint density at radius 2 is 1.88 bits per heavy atom. The number of likely N-dealkylation sites (tertiary alicyclic amines) is 1. The minimum Gasteiger partial charge on any atom is -0.497 e. The van der Waals surface area contributed by atoms with Crippen LogP contribution < -0.4 is 20.1 Å². The first kappa shape index (κ1) is 18.1. The summed E-state index contributed by atoms with van der Waals surface area (Å²) in [4.78, 5) is 26.3. The second-order valence-electron chi connectivity index (χ2n) is 5.98. The average Bonchev–Trinajstić information content (AvgIpc) is 2.61. The van der Waals surface area contributed by atoms with Crippen molar-refractivity contribution in [2.45, 2.75) is 12.8 Å². The molecule has 1 heterocycles. The van der Waals surface area contributed by atoms with Gasteiger partial charge in [0.15, 0.2) is 0 Å². The molecule has 7 heteroatoms. The van der Waals surface area contributed by atoms with Crippen LogP contribution in [0.4, 0.5) is 5.69 Å². The number of hydrogen-bond acceptors (Lipinski definition) is 5. The van der Waals surface area contributed by atoms with E-state index in [0.717, 1.165) is 25.9 Å². The molecule has 0 spiro atoms. The standard InChI is InChI=1S/C17H25N3O4/c1-20-8-6-12(7-9-20)11-18-16(21)17(22)19-14-5-4-13(23-2)10-15(14)24-3/h4-5,10,12H,6-9,11H2,1-3H3,(H,18,21)(H,19,22). The van der Waals surface area contributed by atoms with E-state index in [1.165, 1.54) is 7.11 Å². The molecule has 0 atom stereocenters. The molecule has 0 saturated carbocycles. The monoisotopic (exact) mass is 335 g/mol. The molecule has 132 valence electrons. The van der Waals surface area contributed by atoms with Crippen LogP contribution in [0.2, 0.25) is 0 Å². The summed E-state index contributed by atoms with van der Waals surface area (Å²) < 4.78 is 10.3. The van der Waals surface area contributed by atoms with Gasteiger partial charge in [0, 0.05) is 12.6 Å². The van der Waals surface area contributed by atoms with E-state index in [1.54, 1.807) is 25.3 Å². The molecular formula is C17H25N3O4. The highest BCUT2D eigenvalue weighted by Crippen LogP contribution is 2.28. The smallest absolute Gasteiger partial charge is 0.313 e. The third-order valence-corrected chi connectivity index (χ3v) is 4.25. The van der Waals surface area contributed by atoms with Crippen LogP contribution in [0, 0.1) is 5.92 Å². The van der Waals surface area contributed by atoms with Crippen molar-refractivity contribution in [2.24, 2.45) is 5.92 Å². The number of carbonyl (C=O) groups excluding carboxylic acids is 2. The van der Waals surface area contributed by atoms with Crippen LogP contribution in [0.15, 0.2) is 18.2 Å². The van der Waals surface area contributed by atoms with E-state index in [1.807, 2.05) is 0 Å². The third-order valence-electron chi connectivity index (χ3n) is 4.25. The molecule has 0 aliphatic carbocycles. The Labute approximate surface area is 142 Å². The first-order valence-electron chi connectivity index (χ1n) is 8.03. The summed E-state index contributed by atoms with van der Waals surface area (Å²) in [7, 11) is 5.12. The average molecular weight is 335 g/mol. The minimum atomic E-state index is -0.702. The van der Waals surface area contributed by atoms with Crippen molar-refractivity contribution >= 4 is 17.5 Å². The molecule has 7 nitrogen and oxygen atoms in total. The molecular weight excluding hydrogens is 310 g/mol. The molecule has 1 saturated heterocycles. The third kappa shape index (κ3) is 4.86. The van der Waals surface area contributed by atoms with E-state index in [-0.39, 0.29) is 0 Å². The zero-order valence-corrected chi connectivity index (χ0v) is 14.4. The molecule has 2 N–H and O–H groups in total. The predicted octanol–water partition coefficient (Wildman–Crippen LogP) is 1.10. The lowest BCUT2D eigenvalue weighted by molar-refractivity contribution is -0.136. The Bertz CT molecular complexity index is 583. The molecule has 1 aliphatic rings. The number of amides is 2. The second kappa shape index (κ2) is 8.54. The molecule has 0 unspecified atom stereocenters. The molecule has 1 aromatic rings. The van der Waals surface area contributed by atoms with Crippen molar-refractivity contribution in [1.82, 2.24) is 10.2 Å². The van der Waals surface area contributed by atoms with Crippen molar-refractivity contribution in [2.75, 3.05) is 46.2 Å². The fourth-order valence-electron chi connectivity index (χ4n) is 2.66. The van der Waals surface area contributed by atoms with E-state index in [0.29, 0.717) is 29.6 Å². The van der Waals surface area contributed by atoms with Crippen LogP contribution >= 0.6 is 0 Å². The molecule has 1 fully saturated rings. The highest BCUT2D eigenvalue weighted by molar-refractivity contribution is 6.39. The number of piperidine rings is 1. The van der Waals surface area contributed by atoms with Crippen molar-refractivity contribution in [3.63, 3.8) is 0 Å². The number of nitrogens with zero attached hydrogens (tertiary/aromatic N) is 1. The zero-order chi connectivity index (χ0) is 17.5. The van der Waals surface area contributed by atoms with E-state index in [2.05, 4.69) is 22.6 Å². The molecule has 2 amide bonds. The number of nitrogens with one attached hydrogen (secondary N) is 2. The number of hydrogen-bond donors (Lipinski definition) is 2. The van der Waals surface area contributed by atoms with Gasteiger partial charge in [-0.3, -0.25) is 9.59 Å². The van der Waals surface area contributed by atoms with Crippen LogP contribution in [0.1, 0.15) is 12.8 Å². The Balaban J connectivity index is 1.86. The van der Waals surface area contributed by atoms with Gasteiger partial charge in [0.1, 0.15) is 11.5 Å². The molecule has 0 radical (unpaired) electrons. The van der Waals surface area contributed by atoms with Gasteiger partial charge in [-0.25, -0.2) is 0 Å². The fraction of sp³-hybridized carbons (Fsp3) is 0.529. The second-order valence-corrected chi connectivity index (χ2v) is 5.98. The number of rotatable bonds is 5. The van der Waals surface area contributed by atoms with E-state index in [9.17, 15) is 9.59 Å². The molecule has 0 aromatic heterocycles. The summed E-state index contributed by atoms with van der Waals surface area (Å²) in [6.07, 6.45) is 2.06. The van der Waals surface area contributed by atoms with E-state index >= 15 is 0 Å². The van der Waals surface area contributed by atoms with Gasteiger partial charge in [-0.15, -0.1) is 0 Å². The van der Waals surface area contributed by atoms with Crippen molar-refractivity contribution < 1.29 is 19.1 Å². The fourth-order valence-corrected chi connectivity index (χ4v) is 2.66. The lowest BCUT2D eigenvalue weighted by Gasteiger charge is -2.28. The van der Waals surface area contributed by atoms with Gasteiger partial charge in [-0.05, 0) is 51.0 Å². The van der Waals surface area contributed by atoms with Gasteiger partial charge >= 0.3 is 11.8 Å². The van der Waals surface area contributed by atoms with Crippen LogP contribution in [-0.2, 0) is 9.59 Å². The summed E-state index contributed by atoms with van der Waals surface area (Å²) >= 11 is 0. The molecule has 1 aromatic carbocycles. The van der Waals surface area contributed by atoms with E-state index < -0.39 is 11.8 Å². The highest BCUT2D eigenvalue weighted by Gasteiger charge is 2.20. The SMILES string of the molecule is COc1ccc(NC(=O)C(=O)NCC2CCN(C)CC2)c(OC)c1. The van der Waals surface area contributed by atoms with Crippen molar-refractivity contribution in [3.05, 3.63) is 18.2 Å². The van der Waals surface area contributed by atoms with Gasteiger partial charge in [-0.1, -0.05) is 0 Å². The maximum absolute atomic E-state index is 12.0. The van der Waals surface area contributed by atoms with Crippen LogP contribution in [0.5, 0.6) is 11.5 Å². The first-order chi connectivity index (χ1) is 11.5. The van der Waals surface area contributed by atoms with Crippen LogP contribution in [0.3, 0.4) is 0 Å². The number of methoxy groups -OCH3 is 2. The predicted molar refractivity (Wildman–Crippen MR) is 91.4 cm³/mol. The molecule has 24 heavy (non-hydrogen) atoms. The largest absolute Gasteiger partial charge is 0.497 e. The molecule has 1 aliphatic heterocycles. The number of carbonyl (C=O) groups is 2. The Morgan fingerprint density at radius 1 is 1.17 bits per heavy atom. The highest BCUT2D eigenvalue weighted by atomic mass is 16.5. The van der Waals surface area contributed by atoms with Crippen LogP contribution in [-0.4, -0.2) is 57.6 Å². The van der Waals surface area contributed by atoms with Gasteiger partial charge in [0.2, 0.25) is 0 Å². The lowest BCUT2D eigenvalue weighted by atomic mass is 9.97. The Kier molecular flexibility index (Phi) is 6.43. The normalized spacial score (nSPS) is 15.6. The summed E-state index contributed by atoms with van der Waals surface area (Å²) in [5, 5.41) is 5.28. The zero-order valence-electron chi connectivity index (χ0n) is 14.4. The summed E-state index contributed by atoms with van der Waals surface area (Å²) in [6.45, 7) is 2.57. The van der Waals surface area contributed by atoms with Crippen molar-refractivity contribution in [1.29, 1.82) is 0 Å². The van der Waals surface area contributed by atoms with Crippen molar-refractivity contribution in [3.8, 4) is 11.5 Å². The quantitative estimate of drug-likeness (QED) is 0.788. The van der Waals surface area contributed by atoms with Gasteiger partial charge in [0.05, 0.1) is 19.9 Å². The van der Waals surface area contributed by atoms with E-state index in [4.69, 9.17) is 9.47 Å². The number of anilines is 1. The topological polar surface area (TPSA) is 79.9 Å². The maximum Gasteiger partial charge on any atom is 0.313 e. The van der Waals surface area contributed by atoms with Gasteiger partial charge in [0.25, 0.3) is 0 Å². The molecule has 0 bridgehead atoms. The lowest BCUT2D eigenvalue weighted by Crippen LogP contribution is -2.41. The maximum atomic E-state index is 12.0. The number of benzene rings is 1. The van der Waals surface area contributed by atoms with Crippen LogP contribution in [0.25, 0.3) is 0 Å². The Hall–Kier alpha value is -2.28. The summed E-state index contributed by atoms with van der Waals surface area (Å²) in [5.41, 5.74) is 0.428. The molecule has 2 rings (SSSR count). The summed E-state index contributed by atoms with van der Waals surface area (Å²) in [5.74, 6) is 0.133. The van der Waals surface area contributed by atoms with Gasteiger partial charge < -0.3 is 25.0 Å². The Morgan fingerprint density at radius 3 is 2.50 bits per heavy atom. The minimum absolute atomic E-state index is 0.425. The number of ether oxygens (including phenoxy) is 2. The summed E-state index contributed by atoms with van der Waals surface area (Å²) in [6, 6.07) is 4.97. The first-order valence-corrected chi connectivity index (χ1v) is 8.03.